The number of hydrogen-bond acceptors (Lipinski definition) is 11. The molecule has 2 aliphatic heterocycles. The second-order valence-electron chi connectivity index (χ2n) is 14.8. The number of carbonyl (C=O) groups excluding carboxylic acids is 2. The molecule has 0 bridgehead atoms. The molecule has 1 aromatic carbocycles. The number of ether oxygens (including phenoxy) is 4. The normalized spacial score (nSPS) is 34.0. The Balaban J connectivity index is 1.98. The molecule has 49 heavy (non-hydrogen) atoms. The fourth-order valence-corrected chi connectivity index (χ4v) is 8.66. The van der Waals surface area contributed by atoms with E-state index in [1.54, 1.807) is 14.0 Å². The van der Waals surface area contributed by atoms with E-state index in [1.165, 1.54) is 42.4 Å². The van der Waals surface area contributed by atoms with Gasteiger partial charge in [-0.05, 0) is 98.3 Å². The molecule has 2 heterocycles. The molecule has 3 rings (SSSR count). The van der Waals surface area contributed by atoms with Crippen LogP contribution in [0.15, 0.2) is 29.2 Å². The third kappa shape index (κ3) is 10.2. The van der Waals surface area contributed by atoms with E-state index < -0.39 is 57.2 Å². The quantitative estimate of drug-likeness (QED) is 0.339. The minimum atomic E-state index is -3.87. The highest BCUT2D eigenvalue weighted by atomic mass is 35.5. The van der Waals surface area contributed by atoms with E-state index in [9.17, 15) is 23.1 Å². The largest absolute Gasteiger partial charge is 0.465 e. The maximum atomic E-state index is 14.2. The van der Waals surface area contributed by atoms with Gasteiger partial charge in [0.15, 0.2) is 12.1 Å². The van der Waals surface area contributed by atoms with Crippen molar-refractivity contribution >= 4 is 33.4 Å². The van der Waals surface area contributed by atoms with Gasteiger partial charge in [-0.15, -0.1) is 0 Å². The summed E-state index contributed by atoms with van der Waals surface area (Å²) >= 11 is 6.02. The van der Waals surface area contributed by atoms with Crippen molar-refractivity contribution in [3.05, 3.63) is 29.3 Å². The number of benzene rings is 1. The van der Waals surface area contributed by atoms with E-state index >= 15 is 0 Å². The topological polar surface area (TPSA) is 135 Å². The van der Waals surface area contributed by atoms with Gasteiger partial charge in [-0.25, -0.2) is 8.42 Å². The third-order valence-electron chi connectivity index (χ3n) is 9.96. The zero-order valence-corrected chi connectivity index (χ0v) is 32.4. The summed E-state index contributed by atoms with van der Waals surface area (Å²) in [7, 11) is 3.40. The van der Waals surface area contributed by atoms with Crippen LogP contribution in [0.2, 0.25) is 5.02 Å². The lowest BCUT2D eigenvalue weighted by Crippen LogP contribution is -2.59. The van der Waals surface area contributed by atoms with Crippen molar-refractivity contribution in [3.63, 3.8) is 0 Å². The molecule has 0 amide bonds. The maximum Gasteiger partial charge on any atom is 0.319 e. The molecular formula is C35H58ClN3O9S. The number of Topliss-reactive ketones (excluding diaryl/α,β-unsaturated/α-hetero) is 1. The molecule has 1 unspecified atom stereocenters. The number of likely N-dealkylation sites (N-methyl/N-ethyl adjacent to an activating group) is 2. The van der Waals surface area contributed by atoms with E-state index in [0.717, 1.165) is 0 Å². The van der Waals surface area contributed by atoms with Gasteiger partial charge in [0.1, 0.15) is 11.5 Å². The molecule has 2 saturated heterocycles. The van der Waals surface area contributed by atoms with Crippen molar-refractivity contribution in [2.24, 2.45) is 17.3 Å². The smallest absolute Gasteiger partial charge is 0.319 e. The van der Waals surface area contributed by atoms with Gasteiger partial charge in [0.05, 0.1) is 29.3 Å². The lowest BCUT2D eigenvalue weighted by atomic mass is 9.74. The Kier molecular flexibility index (Phi) is 14.7. The molecule has 0 radical (unpaired) electrons. The standard InChI is InChI=1S/C35H58ClN3O9S/c1-23-21-35(6,45-10)31(48-32-29(40)28(37(7)8)20-24(2)47-32)25(3)30(41)34(4,5)33(42)46-19-11-16-39(18-17-38(9)22-23)49(43,44)27-14-12-26(36)13-15-27/h12-15,23-25,28-29,31-32,40H,11,16-22H2,1-10H3/t23-,24-,25+,28?,29-,31-,32+,35-/m1/s1. The van der Waals surface area contributed by atoms with Crippen LogP contribution >= 0.6 is 11.6 Å². The molecule has 8 atom stereocenters. The minimum absolute atomic E-state index is 0.00368. The average Bonchev–Trinajstić information content (AvgIpc) is 3.02. The van der Waals surface area contributed by atoms with Gasteiger partial charge in [0.2, 0.25) is 10.0 Å². The summed E-state index contributed by atoms with van der Waals surface area (Å²) in [6, 6.07) is 5.80. The first-order valence-electron chi connectivity index (χ1n) is 17.1. The van der Waals surface area contributed by atoms with Crippen molar-refractivity contribution in [1.29, 1.82) is 0 Å². The lowest BCUT2D eigenvalue weighted by molar-refractivity contribution is -0.295. The Morgan fingerprint density at radius 1 is 1.04 bits per heavy atom. The van der Waals surface area contributed by atoms with Gasteiger partial charge in [-0.3, -0.25) is 9.59 Å². The van der Waals surface area contributed by atoms with Crippen molar-refractivity contribution in [3.8, 4) is 0 Å². The number of ketones is 1. The number of nitrogens with zero attached hydrogens (tertiary/aromatic N) is 3. The number of methoxy groups -OCH3 is 1. The molecule has 2 fully saturated rings. The fraction of sp³-hybridized carbons (Fsp3) is 0.771. The zero-order valence-electron chi connectivity index (χ0n) is 30.8. The molecule has 0 aliphatic carbocycles. The molecule has 0 saturated carbocycles. The number of aliphatic hydroxyl groups is 1. The Labute approximate surface area is 298 Å². The van der Waals surface area contributed by atoms with Crippen LogP contribution in [0.1, 0.15) is 60.8 Å². The van der Waals surface area contributed by atoms with Gasteiger partial charge in [0, 0.05) is 50.3 Å². The molecule has 12 nitrogen and oxygen atoms in total. The van der Waals surface area contributed by atoms with Crippen molar-refractivity contribution in [1.82, 2.24) is 14.1 Å². The van der Waals surface area contributed by atoms with Crippen LogP contribution in [0.3, 0.4) is 0 Å². The molecule has 1 aromatic rings. The van der Waals surface area contributed by atoms with Crippen LogP contribution < -0.4 is 0 Å². The summed E-state index contributed by atoms with van der Waals surface area (Å²) in [6.07, 6.45) is -1.87. The monoisotopic (exact) mass is 731 g/mol. The van der Waals surface area contributed by atoms with Crippen LogP contribution in [-0.4, -0.2) is 137 Å². The highest BCUT2D eigenvalue weighted by Crippen LogP contribution is 2.38. The SMILES string of the molecule is CO[C@]1(C)C[C@@H](C)CN(C)CCN(S(=O)(=O)c2ccc(Cl)cc2)CCCOC(=O)C(C)(C)C(=O)[C@H](C)[C@H]1O[C@@H]1O[C@H](C)CC(N(C)C)[C@H]1O. The predicted octanol–water partition coefficient (Wildman–Crippen LogP) is 3.68. The van der Waals surface area contributed by atoms with E-state index in [0.29, 0.717) is 31.0 Å². The first kappa shape index (κ1) is 41.7. The van der Waals surface area contributed by atoms with Crippen LogP contribution in [0.5, 0.6) is 0 Å². The number of esters is 1. The summed E-state index contributed by atoms with van der Waals surface area (Å²) in [5.74, 6) is -1.99. The summed E-state index contributed by atoms with van der Waals surface area (Å²) in [5.41, 5.74) is -2.61. The number of carbonyl (C=O) groups is 2. The van der Waals surface area contributed by atoms with Gasteiger partial charge < -0.3 is 33.9 Å². The molecule has 280 valence electrons. The van der Waals surface area contributed by atoms with E-state index in [1.807, 2.05) is 39.9 Å². The van der Waals surface area contributed by atoms with Gasteiger partial charge in [-0.1, -0.05) is 25.4 Å². The Morgan fingerprint density at radius 2 is 1.67 bits per heavy atom. The van der Waals surface area contributed by atoms with E-state index in [4.69, 9.17) is 30.5 Å². The number of aliphatic hydroxyl groups excluding tert-OH is 1. The fourth-order valence-electron chi connectivity index (χ4n) is 7.07. The Bertz CT molecular complexity index is 1360. The molecule has 14 heteroatoms. The van der Waals surface area contributed by atoms with Crippen molar-refractivity contribution in [2.75, 3.05) is 61.0 Å². The van der Waals surface area contributed by atoms with Gasteiger partial charge >= 0.3 is 5.97 Å². The third-order valence-corrected chi connectivity index (χ3v) is 12.1. The number of sulfonamides is 1. The molecule has 1 N–H and O–H groups in total. The van der Waals surface area contributed by atoms with Gasteiger partial charge in [-0.2, -0.15) is 4.31 Å². The Morgan fingerprint density at radius 3 is 2.27 bits per heavy atom. The molecule has 2 aliphatic rings. The van der Waals surface area contributed by atoms with Gasteiger partial charge in [0.25, 0.3) is 0 Å². The molecular weight excluding hydrogens is 674 g/mol. The summed E-state index contributed by atoms with van der Waals surface area (Å²) in [4.78, 5) is 31.8. The Hall–Kier alpha value is -1.68. The summed E-state index contributed by atoms with van der Waals surface area (Å²) < 4.78 is 53.3. The first-order chi connectivity index (χ1) is 22.7. The van der Waals surface area contributed by atoms with Crippen LogP contribution in [0.4, 0.5) is 0 Å². The predicted molar refractivity (Wildman–Crippen MR) is 188 cm³/mol. The molecule has 0 aromatic heterocycles. The maximum absolute atomic E-state index is 14.2. The van der Waals surface area contributed by atoms with Crippen molar-refractivity contribution < 1.29 is 42.1 Å². The highest BCUT2D eigenvalue weighted by Gasteiger charge is 2.51. The summed E-state index contributed by atoms with van der Waals surface area (Å²) in [6.45, 7) is 11.9. The number of cyclic esters (lactones) is 1. The summed E-state index contributed by atoms with van der Waals surface area (Å²) in [5, 5.41) is 11.8. The second kappa shape index (κ2) is 17.2. The van der Waals surface area contributed by atoms with E-state index in [-0.39, 0.29) is 49.1 Å². The molecule has 0 spiro atoms. The average molecular weight is 732 g/mol. The van der Waals surface area contributed by atoms with Crippen molar-refractivity contribution in [2.45, 2.75) is 102 Å². The number of hydrogen-bond donors (Lipinski definition) is 1. The highest BCUT2D eigenvalue weighted by molar-refractivity contribution is 7.89. The zero-order chi connectivity index (χ0) is 36.9. The first-order valence-corrected chi connectivity index (χ1v) is 18.9. The number of rotatable bonds is 6. The van der Waals surface area contributed by atoms with E-state index in [2.05, 4.69) is 11.8 Å². The second-order valence-corrected chi connectivity index (χ2v) is 17.2. The lowest BCUT2D eigenvalue weighted by Gasteiger charge is -2.47. The minimum Gasteiger partial charge on any atom is -0.465 e. The van der Waals surface area contributed by atoms with Crippen LogP contribution in [-0.2, 0) is 38.6 Å². The van der Waals surface area contributed by atoms with Crippen LogP contribution in [0, 0.1) is 17.3 Å². The number of halogens is 1. The van der Waals surface area contributed by atoms with Crippen LogP contribution in [0.25, 0.3) is 0 Å².